The van der Waals surface area contributed by atoms with Gasteiger partial charge in [-0.3, -0.25) is 14.4 Å². The number of aromatic amines is 1. The predicted octanol–water partition coefficient (Wildman–Crippen LogP) is 2.79. The van der Waals surface area contributed by atoms with Crippen molar-refractivity contribution in [1.29, 1.82) is 0 Å². The lowest BCUT2D eigenvalue weighted by atomic mass is 9.74. The van der Waals surface area contributed by atoms with E-state index in [-0.39, 0.29) is 35.4 Å². The van der Waals surface area contributed by atoms with E-state index in [1.165, 1.54) is 18.2 Å². The van der Waals surface area contributed by atoms with Gasteiger partial charge in [0.05, 0.1) is 5.41 Å². The fraction of sp³-hybridized carbons (Fsp3) is 0.280. The summed E-state index contributed by atoms with van der Waals surface area (Å²) in [5, 5.41) is 8.87. The maximum absolute atomic E-state index is 14.1. The van der Waals surface area contributed by atoms with Crippen LogP contribution >= 0.6 is 0 Å². The molecule has 170 valence electrons. The summed E-state index contributed by atoms with van der Waals surface area (Å²) >= 11 is 0. The molecular weight excluding hydrogens is 423 g/mol. The smallest absolute Gasteiger partial charge is 0.274 e. The monoisotopic (exact) mass is 448 g/mol. The number of carbonyl (C=O) groups is 2. The Balaban J connectivity index is 1.58. The van der Waals surface area contributed by atoms with E-state index in [1.54, 1.807) is 30.1 Å². The molecule has 2 heterocycles. The summed E-state index contributed by atoms with van der Waals surface area (Å²) in [4.78, 5) is 38.9. The van der Waals surface area contributed by atoms with Gasteiger partial charge in [-0.25, -0.2) is 9.49 Å². The number of piperidine rings is 1. The van der Waals surface area contributed by atoms with E-state index < -0.39 is 5.41 Å². The standard InChI is InChI=1S/C25H25FN4O3/c1-27-24(33)25(13-4-14-30(16-25)23(32)21-11-12-22(31)29-28-21)15-17-7-9-18(10-8-17)19-5-2-3-6-20(19)26/h2-3,5-12H,4,13-16H2,1H3,(H,27,33)(H,29,31). The van der Waals surface area contributed by atoms with Crippen molar-refractivity contribution >= 4 is 11.8 Å². The second-order valence-electron chi connectivity index (χ2n) is 8.35. The van der Waals surface area contributed by atoms with E-state index >= 15 is 0 Å². The van der Waals surface area contributed by atoms with E-state index in [2.05, 4.69) is 15.5 Å². The topological polar surface area (TPSA) is 95.2 Å². The Morgan fingerprint density at radius 2 is 1.88 bits per heavy atom. The Hall–Kier alpha value is -3.81. The Bertz CT molecular complexity index is 1200. The molecule has 2 amide bonds. The van der Waals surface area contributed by atoms with Crippen molar-refractivity contribution in [3.8, 4) is 11.1 Å². The van der Waals surface area contributed by atoms with E-state index in [0.29, 0.717) is 31.4 Å². The lowest BCUT2D eigenvalue weighted by molar-refractivity contribution is -0.133. The van der Waals surface area contributed by atoms with Crippen molar-refractivity contribution in [2.24, 2.45) is 5.41 Å². The largest absolute Gasteiger partial charge is 0.359 e. The number of H-pyrrole nitrogens is 1. The summed E-state index contributed by atoms with van der Waals surface area (Å²) in [6.07, 6.45) is 1.73. The first-order valence-electron chi connectivity index (χ1n) is 10.8. The first-order valence-corrected chi connectivity index (χ1v) is 10.8. The summed E-state index contributed by atoms with van der Waals surface area (Å²) in [7, 11) is 1.59. The number of benzene rings is 2. The van der Waals surface area contributed by atoms with Gasteiger partial charge in [0.15, 0.2) is 0 Å². The Morgan fingerprint density at radius 3 is 2.55 bits per heavy atom. The van der Waals surface area contributed by atoms with Crippen molar-refractivity contribution in [1.82, 2.24) is 20.4 Å². The van der Waals surface area contributed by atoms with Crippen LogP contribution in [-0.2, 0) is 11.2 Å². The van der Waals surface area contributed by atoms with Crippen molar-refractivity contribution in [2.75, 3.05) is 20.1 Å². The SMILES string of the molecule is CNC(=O)C1(Cc2ccc(-c3ccccc3F)cc2)CCCN(C(=O)c2ccc(=O)[nH]n2)C1. The molecule has 1 atom stereocenters. The molecule has 2 aromatic carbocycles. The van der Waals surface area contributed by atoms with Crippen molar-refractivity contribution in [3.05, 3.63) is 88.1 Å². The van der Waals surface area contributed by atoms with Crippen molar-refractivity contribution in [3.63, 3.8) is 0 Å². The van der Waals surface area contributed by atoms with E-state index in [0.717, 1.165) is 11.1 Å². The molecule has 33 heavy (non-hydrogen) atoms. The van der Waals surface area contributed by atoms with E-state index in [4.69, 9.17) is 0 Å². The molecule has 4 rings (SSSR count). The first kappa shape index (κ1) is 22.4. The highest BCUT2D eigenvalue weighted by molar-refractivity contribution is 5.93. The second-order valence-corrected chi connectivity index (χ2v) is 8.35. The average molecular weight is 448 g/mol. The molecule has 1 saturated heterocycles. The minimum Gasteiger partial charge on any atom is -0.359 e. The van der Waals surface area contributed by atoms with Crippen LogP contribution in [-0.4, -0.2) is 47.0 Å². The van der Waals surface area contributed by atoms with Crippen LogP contribution in [0, 0.1) is 11.2 Å². The van der Waals surface area contributed by atoms with Gasteiger partial charge < -0.3 is 10.2 Å². The Labute approximate surface area is 190 Å². The minimum atomic E-state index is -0.801. The summed E-state index contributed by atoms with van der Waals surface area (Å²) in [5.74, 6) is -0.744. The number of rotatable bonds is 5. The van der Waals surface area contributed by atoms with Gasteiger partial charge in [0.2, 0.25) is 5.91 Å². The fourth-order valence-corrected chi connectivity index (χ4v) is 4.49. The van der Waals surface area contributed by atoms with E-state index in [9.17, 15) is 18.8 Å². The van der Waals surface area contributed by atoms with Crippen LogP contribution < -0.4 is 10.9 Å². The summed E-state index contributed by atoms with van der Waals surface area (Å²) in [6, 6.07) is 16.7. The number of likely N-dealkylation sites (tertiary alicyclic amines) is 1. The lowest BCUT2D eigenvalue weighted by Crippen LogP contribution is -2.54. The van der Waals surface area contributed by atoms with Crippen LogP contribution in [0.3, 0.4) is 0 Å². The first-order chi connectivity index (χ1) is 15.9. The lowest BCUT2D eigenvalue weighted by Gasteiger charge is -2.41. The van der Waals surface area contributed by atoms with Gasteiger partial charge in [0.1, 0.15) is 11.5 Å². The Kier molecular flexibility index (Phi) is 6.35. The van der Waals surface area contributed by atoms with Crippen molar-refractivity contribution in [2.45, 2.75) is 19.3 Å². The number of halogens is 1. The molecule has 0 bridgehead atoms. The van der Waals surface area contributed by atoms with Crippen molar-refractivity contribution < 1.29 is 14.0 Å². The predicted molar refractivity (Wildman–Crippen MR) is 122 cm³/mol. The summed E-state index contributed by atoms with van der Waals surface area (Å²) < 4.78 is 14.1. The quantitative estimate of drug-likeness (QED) is 0.628. The Morgan fingerprint density at radius 1 is 1.12 bits per heavy atom. The summed E-state index contributed by atoms with van der Waals surface area (Å²) in [5.41, 5.74) is 1.16. The molecule has 0 spiro atoms. The number of aromatic nitrogens is 2. The highest BCUT2D eigenvalue weighted by atomic mass is 19.1. The third-order valence-corrected chi connectivity index (χ3v) is 6.15. The number of amides is 2. The van der Waals surface area contributed by atoms with Gasteiger partial charge in [-0.05, 0) is 42.5 Å². The fourth-order valence-electron chi connectivity index (χ4n) is 4.49. The van der Waals surface area contributed by atoms with Crippen LogP contribution in [0.5, 0.6) is 0 Å². The molecule has 2 N–H and O–H groups in total. The van der Waals surface area contributed by atoms with Gasteiger partial charge in [-0.2, -0.15) is 5.10 Å². The van der Waals surface area contributed by atoms with Crippen LogP contribution in [0.15, 0.2) is 65.5 Å². The van der Waals surface area contributed by atoms with Gasteiger partial charge in [0, 0.05) is 31.8 Å². The molecule has 1 unspecified atom stereocenters. The highest BCUT2D eigenvalue weighted by Crippen LogP contribution is 2.35. The zero-order valence-corrected chi connectivity index (χ0v) is 18.3. The third-order valence-electron chi connectivity index (χ3n) is 6.15. The molecule has 1 aliphatic rings. The molecule has 3 aromatic rings. The zero-order chi connectivity index (χ0) is 23.4. The number of carbonyl (C=O) groups excluding carboxylic acids is 2. The highest BCUT2D eigenvalue weighted by Gasteiger charge is 2.43. The van der Waals surface area contributed by atoms with Gasteiger partial charge in [0.25, 0.3) is 11.5 Å². The summed E-state index contributed by atoms with van der Waals surface area (Å²) in [6.45, 7) is 0.742. The maximum Gasteiger partial charge on any atom is 0.274 e. The number of nitrogens with zero attached hydrogens (tertiary/aromatic N) is 2. The molecule has 1 aliphatic heterocycles. The normalized spacial score (nSPS) is 18.1. The van der Waals surface area contributed by atoms with Crippen LogP contribution in [0.4, 0.5) is 4.39 Å². The molecule has 1 fully saturated rings. The number of nitrogens with one attached hydrogen (secondary N) is 2. The number of hydrogen-bond donors (Lipinski definition) is 2. The van der Waals surface area contributed by atoms with Crippen LogP contribution in [0.25, 0.3) is 11.1 Å². The average Bonchev–Trinajstić information content (AvgIpc) is 2.84. The number of hydrogen-bond acceptors (Lipinski definition) is 4. The molecule has 0 radical (unpaired) electrons. The van der Waals surface area contributed by atoms with Gasteiger partial charge in [-0.15, -0.1) is 0 Å². The van der Waals surface area contributed by atoms with E-state index in [1.807, 2.05) is 24.3 Å². The van der Waals surface area contributed by atoms with Crippen LogP contribution in [0.1, 0.15) is 28.9 Å². The molecule has 8 heteroatoms. The second kappa shape index (κ2) is 9.36. The molecule has 0 aliphatic carbocycles. The maximum atomic E-state index is 14.1. The zero-order valence-electron chi connectivity index (χ0n) is 18.3. The molecular formula is C25H25FN4O3. The molecule has 0 saturated carbocycles. The minimum absolute atomic E-state index is 0.132. The molecule has 1 aromatic heterocycles. The third kappa shape index (κ3) is 4.69. The molecule has 7 nitrogen and oxygen atoms in total. The van der Waals surface area contributed by atoms with Crippen LogP contribution in [0.2, 0.25) is 0 Å². The van der Waals surface area contributed by atoms with Gasteiger partial charge in [-0.1, -0.05) is 42.5 Å². The van der Waals surface area contributed by atoms with Gasteiger partial charge >= 0.3 is 0 Å².